The number of rotatable bonds is 7. The molecule has 2 aromatic rings. The Labute approximate surface area is 132 Å². The van der Waals surface area contributed by atoms with Crippen LogP contribution in [0.5, 0.6) is 5.75 Å². The average Bonchev–Trinajstić information content (AvgIpc) is 2.52. The quantitative estimate of drug-likeness (QED) is 0.798. The van der Waals surface area contributed by atoms with Gasteiger partial charge in [-0.25, -0.2) is 13.1 Å². The second kappa shape index (κ2) is 7.42. The number of aryl methyl sites for hydroxylation is 2. The molecular weight excluding hydrogens is 298 g/mol. The Morgan fingerprint density at radius 2 is 1.86 bits per heavy atom. The van der Waals surface area contributed by atoms with Gasteiger partial charge in [-0.15, -0.1) is 0 Å². The van der Waals surface area contributed by atoms with Crippen molar-refractivity contribution in [2.75, 3.05) is 13.2 Å². The van der Waals surface area contributed by atoms with E-state index in [0.717, 1.165) is 17.7 Å². The van der Waals surface area contributed by atoms with Crippen molar-refractivity contribution in [2.45, 2.75) is 25.2 Å². The van der Waals surface area contributed by atoms with Gasteiger partial charge in [0.2, 0.25) is 10.0 Å². The van der Waals surface area contributed by atoms with Gasteiger partial charge in [-0.1, -0.05) is 37.3 Å². The normalized spacial score (nSPS) is 11.4. The van der Waals surface area contributed by atoms with E-state index in [4.69, 9.17) is 4.74 Å². The van der Waals surface area contributed by atoms with E-state index in [2.05, 4.69) is 11.6 Å². The third-order valence-electron chi connectivity index (χ3n) is 3.35. The molecule has 0 fully saturated rings. The number of hydrogen-bond acceptors (Lipinski definition) is 3. The zero-order chi connectivity index (χ0) is 16.0. The van der Waals surface area contributed by atoms with Crippen molar-refractivity contribution in [3.63, 3.8) is 0 Å². The van der Waals surface area contributed by atoms with Crippen LogP contribution in [-0.2, 0) is 16.4 Å². The lowest BCUT2D eigenvalue weighted by Gasteiger charge is -2.10. The molecule has 0 aliphatic heterocycles. The van der Waals surface area contributed by atoms with Crippen molar-refractivity contribution >= 4 is 10.0 Å². The summed E-state index contributed by atoms with van der Waals surface area (Å²) in [7, 11) is -3.49. The SMILES string of the molecule is CCc1cccc(OCCNS(=O)(=O)c2ccccc2C)c1. The Hall–Kier alpha value is -1.85. The van der Waals surface area contributed by atoms with Crippen LogP contribution in [0.4, 0.5) is 0 Å². The summed E-state index contributed by atoms with van der Waals surface area (Å²) in [5.74, 6) is 0.759. The summed E-state index contributed by atoms with van der Waals surface area (Å²) in [5.41, 5.74) is 1.92. The molecule has 0 bridgehead atoms. The van der Waals surface area contributed by atoms with E-state index in [1.54, 1.807) is 25.1 Å². The summed E-state index contributed by atoms with van der Waals surface area (Å²) in [6.07, 6.45) is 0.942. The van der Waals surface area contributed by atoms with Crippen molar-refractivity contribution in [2.24, 2.45) is 0 Å². The van der Waals surface area contributed by atoms with E-state index in [9.17, 15) is 8.42 Å². The van der Waals surface area contributed by atoms with E-state index in [0.29, 0.717) is 4.90 Å². The van der Waals surface area contributed by atoms with Gasteiger partial charge in [0.1, 0.15) is 12.4 Å². The van der Waals surface area contributed by atoms with E-state index in [1.807, 2.05) is 30.3 Å². The summed E-state index contributed by atoms with van der Waals surface area (Å²) in [5, 5.41) is 0. The van der Waals surface area contributed by atoms with Crippen LogP contribution < -0.4 is 9.46 Å². The van der Waals surface area contributed by atoms with Gasteiger partial charge < -0.3 is 4.74 Å². The van der Waals surface area contributed by atoms with Crippen LogP contribution in [-0.4, -0.2) is 21.6 Å². The molecule has 0 saturated heterocycles. The van der Waals surface area contributed by atoms with Crippen LogP contribution in [0.2, 0.25) is 0 Å². The molecule has 2 rings (SSSR count). The molecule has 0 aromatic heterocycles. The smallest absolute Gasteiger partial charge is 0.240 e. The Morgan fingerprint density at radius 3 is 2.59 bits per heavy atom. The molecule has 0 unspecified atom stereocenters. The maximum absolute atomic E-state index is 12.2. The Balaban J connectivity index is 1.89. The van der Waals surface area contributed by atoms with Gasteiger partial charge in [-0.05, 0) is 42.7 Å². The Bertz CT molecular complexity index is 726. The van der Waals surface area contributed by atoms with Gasteiger partial charge in [0, 0.05) is 6.54 Å². The molecule has 0 radical (unpaired) electrons. The van der Waals surface area contributed by atoms with E-state index < -0.39 is 10.0 Å². The zero-order valence-electron chi connectivity index (χ0n) is 12.9. The summed E-state index contributed by atoms with van der Waals surface area (Å²) in [6.45, 7) is 4.38. The highest BCUT2D eigenvalue weighted by Crippen LogP contribution is 2.15. The standard InChI is InChI=1S/C17H21NO3S/c1-3-15-8-6-9-16(13-15)21-12-11-18-22(19,20)17-10-5-4-7-14(17)2/h4-10,13,18H,3,11-12H2,1-2H3. The van der Waals surface area contributed by atoms with Crippen LogP contribution in [0.3, 0.4) is 0 Å². The van der Waals surface area contributed by atoms with Crippen LogP contribution in [0.1, 0.15) is 18.1 Å². The largest absolute Gasteiger partial charge is 0.492 e. The lowest BCUT2D eigenvalue weighted by atomic mass is 10.2. The van der Waals surface area contributed by atoms with E-state index in [-0.39, 0.29) is 13.2 Å². The third kappa shape index (κ3) is 4.32. The lowest BCUT2D eigenvalue weighted by Crippen LogP contribution is -2.28. The topological polar surface area (TPSA) is 55.4 Å². The maximum Gasteiger partial charge on any atom is 0.240 e. The number of sulfonamides is 1. The summed E-state index contributed by atoms with van der Waals surface area (Å²) < 4.78 is 32.5. The molecule has 1 N–H and O–H groups in total. The first-order valence-corrected chi connectivity index (χ1v) is 8.78. The van der Waals surface area contributed by atoms with E-state index in [1.165, 1.54) is 5.56 Å². The average molecular weight is 319 g/mol. The van der Waals surface area contributed by atoms with Crippen molar-refractivity contribution < 1.29 is 13.2 Å². The number of benzene rings is 2. The summed E-state index contributed by atoms with van der Waals surface area (Å²) in [4.78, 5) is 0.308. The highest BCUT2D eigenvalue weighted by Gasteiger charge is 2.15. The molecule has 0 amide bonds. The molecule has 0 spiro atoms. The minimum atomic E-state index is -3.49. The van der Waals surface area contributed by atoms with Crippen molar-refractivity contribution in [1.82, 2.24) is 4.72 Å². The highest BCUT2D eigenvalue weighted by atomic mass is 32.2. The fourth-order valence-electron chi connectivity index (χ4n) is 2.14. The van der Waals surface area contributed by atoms with Gasteiger partial charge >= 0.3 is 0 Å². The number of hydrogen-bond donors (Lipinski definition) is 1. The van der Waals surface area contributed by atoms with Gasteiger partial charge in [0.05, 0.1) is 4.90 Å². The predicted molar refractivity (Wildman–Crippen MR) is 87.7 cm³/mol. The molecule has 22 heavy (non-hydrogen) atoms. The van der Waals surface area contributed by atoms with Crippen LogP contribution in [0.25, 0.3) is 0 Å². The molecule has 0 saturated carbocycles. The number of nitrogens with one attached hydrogen (secondary N) is 1. The fourth-order valence-corrected chi connectivity index (χ4v) is 3.39. The summed E-state index contributed by atoms with van der Waals surface area (Å²) in [6, 6.07) is 14.7. The van der Waals surface area contributed by atoms with E-state index >= 15 is 0 Å². The molecule has 0 heterocycles. The molecule has 0 atom stereocenters. The molecule has 118 valence electrons. The second-order valence-corrected chi connectivity index (χ2v) is 6.75. The molecule has 5 heteroatoms. The van der Waals surface area contributed by atoms with Gasteiger partial charge in [-0.3, -0.25) is 0 Å². The zero-order valence-corrected chi connectivity index (χ0v) is 13.7. The molecule has 0 aliphatic rings. The Kier molecular flexibility index (Phi) is 5.57. The Morgan fingerprint density at radius 1 is 1.09 bits per heavy atom. The molecule has 4 nitrogen and oxygen atoms in total. The van der Waals surface area contributed by atoms with Gasteiger partial charge in [-0.2, -0.15) is 0 Å². The lowest BCUT2D eigenvalue weighted by molar-refractivity contribution is 0.322. The first-order valence-electron chi connectivity index (χ1n) is 7.30. The predicted octanol–water partition coefficient (Wildman–Crippen LogP) is 2.91. The second-order valence-electron chi connectivity index (χ2n) is 5.01. The first-order chi connectivity index (χ1) is 10.5. The fraction of sp³-hybridized carbons (Fsp3) is 0.294. The molecular formula is C17H21NO3S. The van der Waals surface area contributed by atoms with Crippen LogP contribution >= 0.6 is 0 Å². The van der Waals surface area contributed by atoms with Gasteiger partial charge in [0.15, 0.2) is 0 Å². The van der Waals surface area contributed by atoms with Gasteiger partial charge in [0.25, 0.3) is 0 Å². The minimum Gasteiger partial charge on any atom is -0.492 e. The van der Waals surface area contributed by atoms with Crippen molar-refractivity contribution in [3.05, 3.63) is 59.7 Å². The van der Waals surface area contributed by atoms with Crippen LogP contribution in [0, 0.1) is 6.92 Å². The first kappa shape index (κ1) is 16.5. The number of ether oxygens (including phenoxy) is 1. The maximum atomic E-state index is 12.2. The molecule has 2 aromatic carbocycles. The minimum absolute atomic E-state index is 0.229. The van der Waals surface area contributed by atoms with Crippen molar-refractivity contribution in [1.29, 1.82) is 0 Å². The van der Waals surface area contributed by atoms with Crippen LogP contribution in [0.15, 0.2) is 53.4 Å². The van der Waals surface area contributed by atoms with Crippen molar-refractivity contribution in [3.8, 4) is 5.75 Å². The molecule has 0 aliphatic carbocycles. The summed E-state index contributed by atoms with van der Waals surface area (Å²) >= 11 is 0. The highest BCUT2D eigenvalue weighted by molar-refractivity contribution is 7.89. The third-order valence-corrected chi connectivity index (χ3v) is 4.97. The monoisotopic (exact) mass is 319 g/mol.